The minimum absolute atomic E-state index is 0.0233. The van der Waals surface area contributed by atoms with E-state index in [1.165, 1.54) is 24.3 Å². The zero-order chi connectivity index (χ0) is 36.5. The maximum Gasteiger partial charge on any atom is 0.309 e. The van der Waals surface area contributed by atoms with Crippen LogP contribution in [0.2, 0.25) is 0 Å². The molecular formula is C32H50N6O12. The summed E-state index contributed by atoms with van der Waals surface area (Å²) in [4.78, 5) is 65.2. The van der Waals surface area contributed by atoms with Crippen LogP contribution in [0.3, 0.4) is 0 Å². The number of primary amides is 1. The van der Waals surface area contributed by atoms with E-state index in [0.29, 0.717) is 38.8 Å². The number of rotatable bonds is 10. The van der Waals surface area contributed by atoms with Gasteiger partial charge in [0.05, 0.1) is 12.6 Å². The van der Waals surface area contributed by atoms with Gasteiger partial charge >= 0.3 is 5.97 Å². The molecule has 0 saturated carbocycles. The normalized spacial score (nSPS) is 33.7. The van der Waals surface area contributed by atoms with Crippen molar-refractivity contribution in [2.75, 3.05) is 26.9 Å². The lowest BCUT2D eigenvalue weighted by Gasteiger charge is -2.35. The molecular weight excluding hydrogens is 660 g/mol. The summed E-state index contributed by atoms with van der Waals surface area (Å²) >= 11 is 0. The van der Waals surface area contributed by atoms with Crippen LogP contribution in [0, 0.1) is 5.92 Å². The van der Waals surface area contributed by atoms with E-state index in [-0.39, 0.29) is 30.4 Å². The van der Waals surface area contributed by atoms with Gasteiger partial charge in [-0.25, -0.2) is 0 Å². The van der Waals surface area contributed by atoms with Gasteiger partial charge in [0.2, 0.25) is 24.0 Å². The molecule has 3 saturated heterocycles. The molecule has 0 bridgehead atoms. The molecule has 18 heteroatoms. The number of hydrogen-bond acceptors (Lipinski definition) is 14. The average Bonchev–Trinajstić information content (AvgIpc) is 3.37. The number of amides is 4. The van der Waals surface area contributed by atoms with Crippen molar-refractivity contribution in [3.8, 4) is 0 Å². The highest BCUT2D eigenvalue weighted by Gasteiger charge is 2.55. The molecule has 1 unspecified atom stereocenters. The number of nitrogens with one attached hydrogen (secondary N) is 4. The van der Waals surface area contributed by atoms with Gasteiger partial charge in [0.25, 0.3) is 5.91 Å². The van der Waals surface area contributed by atoms with Gasteiger partial charge in [-0.3, -0.25) is 24.0 Å². The highest BCUT2D eigenvalue weighted by atomic mass is 16.7. The molecule has 5 aliphatic heterocycles. The fourth-order valence-corrected chi connectivity index (χ4v) is 6.36. The van der Waals surface area contributed by atoms with E-state index in [9.17, 15) is 34.2 Å². The SMILES string of the molecule is CC.CO[C@@H]1C([C@@H](O[C@H]2OC(C(=O)N[C@H]3CCC[C@@H](C)NC3=O)=C[C@H](O)[C@@H]2O)C(N)=O)O[C@@H](N2C=CC(=O)NC2)[C@@H]1OC(=O)C1CCNCC1. The Balaban J connectivity index is 0.00000276. The number of piperidine rings is 1. The van der Waals surface area contributed by atoms with E-state index in [1.807, 2.05) is 20.8 Å². The van der Waals surface area contributed by atoms with Crippen molar-refractivity contribution in [1.29, 1.82) is 0 Å². The Morgan fingerprint density at radius 3 is 2.46 bits per heavy atom. The van der Waals surface area contributed by atoms with Crippen molar-refractivity contribution in [3.63, 3.8) is 0 Å². The number of carbonyl (C=O) groups excluding carboxylic acids is 5. The maximum absolute atomic E-state index is 13.3. The minimum atomic E-state index is -1.81. The second kappa shape index (κ2) is 17.9. The molecule has 0 spiro atoms. The van der Waals surface area contributed by atoms with Gasteiger partial charge in [-0.05, 0) is 58.2 Å². The Kier molecular flexibility index (Phi) is 14.0. The highest BCUT2D eigenvalue weighted by Crippen LogP contribution is 2.34. The van der Waals surface area contributed by atoms with Crippen LogP contribution in [0.15, 0.2) is 24.1 Å². The number of aliphatic hydroxyl groups is 2. The smallest absolute Gasteiger partial charge is 0.309 e. The third-order valence-corrected chi connectivity index (χ3v) is 9.02. The molecule has 0 radical (unpaired) electrons. The molecule has 5 aliphatic rings. The molecule has 280 valence electrons. The molecule has 5 heterocycles. The molecule has 0 aromatic heterocycles. The summed E-state index contributed by atoms with van der Waals surface area (Å²) in [6.07, 6.45) is -5.16. The Bertz CT molecular complexity index is 1290. The molecule has 0 aliphatic carbocycles. The van der Waals surface area contributed by atoms with Crippen LogP contribution in [0.5, 0.6) is 0 Å². The number of ether oxygens (including phenoxy) is 5. The van der Waals surface area contributed by atoms with Crippen LogP contribution in [-0.2, 0) is 47.7 Å². The first kappa shape index (κ1) is 39.0. The summed E-state index contributed by atoms with van der Waals surface area (Å²) in [7, 11) is 1.31. The first-order valence-corrected chi connectivity index (χ1v) is 17.1. The number of aliphatic hydroxyl groups excluding tert-OH is 2. The van der Waals surface area contributed by atoms with Crippen LogP contribution in [0.4, 0.5) is 0 Å². The first-order valence-electron chi connectivity index (χ1n) is 17.1. The van der Waals surface area contributed by atoms with Gasteiger partial charge in [0.1, 0.15) is 30.5 Å². The van der Waals surface area contributed by atoms with Crippen LogP contribution < -0.4 is 27.0 Å². The van der Waals surface area contributed by atoms with Crippen molar-refractivity contribution in [1.82, 2.24) is 26.2 Å². The number of nitrogens with zero attached hydrogens (tertiary/aromatic N) is 1. The van der Waals surface area contributed by atoms with E-state index in [0.717, 1.165) is 12.5 Å². The Labute approximate surface area is 290 Å². The fraction of sp³-hybridized carbons (Fsp3) is 0.719. The lowest BCUT2D eigenvalue weighted by atomic mass is 9.98. The van der Waals surface area contributed by atoms with Crippen molar-refractivity contribution in [2.24, 2.45) is 11.7 Å². The molecule has 3 fully saturated rings. The molecule has 10 atom stereocenters. The van der Waals surface area contributed by atoms with Crippen molar-refractivity contribution >= 4 is 29.6 Å². The Morgan fingerprint density at radius 1 is 1.10 bits per heavy atom. The second-order valence-electron chi connectivity index (χ2n) is 12.5. The van der Waals surface area contributed by atoms with E-state index in [2.05, 4.69) is 21.3 Å². The number of hydrogen-bond donors (Lipinski definition) is 7. The molecule has 4 amide bonds. The lowest BCUT2D eigenvalue weighted by molar-refractivity contribution is -0.241. The van der Waals surface area contributed by atoms with Gasteiger partial charge in [0.15, 0.2) is 24.2 Å². The number of methoxy groups -OCH3 is 1. The number of nitrogens with two attached hydrogens (primary N) is 1. The predicted molar refractivity (Wildman–Crippen MR) is 173 cm³/mol. The van der Waals surface area contributed by atoms with Crippen LogP contribution in [0.1, 0.15) is 52.9 Å². The van der Waals surface area contributed by atoms with Crippen LogP contribution >= 0.6 is 0 Å². The zero-order valence-electron chi connectivity index (χ0n) is 28.7. The monoisotopic (exact) mass is 710 g/mol. The van der Waals surface area contributed by atoms with E-state index < -0.39 is 78.7 Å². The predicted octanol–water partition coefficient (Wildman–Crippen LogP) is -2.43. The zero-order valence-corrected chi connectivity index (χ0v) is 28.7. The van der Waals surface area contributed by atoms with Gasteiger partial charge in [0, 0.05) is 25.4 Å². The van der Waals surface area contributed by atoms with Crippen LogP contribution in [0.25, 0.3) is 0 Å². The third kappa shape index (κ3) is 9.29. The Hall–Kier alpha value is -3.81. The molecule has 18 nitrogen and oxygen atoms in total. The second-order valence-corrected chi connectivity index (χ2v) is 12.5. The standard InChI is InChI=1S/C30H44N6O12.C2H6/c1-14-4-3-5-16(26(41)34-14)35-27(42)18-12-17(37)20(39)30(45-18)48-23(25(31)40)22-21(44-2)24(47-29(43)15-6-9-32-10-7-15)28(46-22)36-11-8-19(38)33-13-36;1-2/h8,11-12,14-17,20-24,28,30,32,37,39H,3-7,9-10,13H2,1-2H3,(H2,31,40)(H,33,38)(H,34,41)(H,35,42);1-2H3/t14-,16+,17+,20+,21-,22?,23-,24-,28-,30-;/m1./s1. The van der Waals surface area contributed by atoms with Crippen molar-refractivity contribution in [3.05, 3.63) is 24.1 Å². The van der Waals surface area contributed by atoms with Gasteiger partial charge < -0.3 is 65.8 Å². The maximum atomic E-state index is 13.3. The highest BCUT2D eigenvalue weighted by molar-refractivity contribution is 5.95. The lowest BCUT2D eigenvalue weighted by Crippen LogP contribution is -2.54. The summed E-state index contributed by atoms with van der Waals surface area (Å²) in [5.74, 6) is -3.99. The Morgan fingerprint density at radius 2 is 1.82 bits per heavy atom. The summed E-state index contributed by atoms with van der Waals surface area (Å²) in [5, 5.41) is 32.5. The van der Waals surface area contributed by atoms with Gasteiger partial charge in [-0.15, -0.1) is 0 Å². The van der Waals surface area contributed by atoms with Gasteiger partial charge in [-0.2, -0.15) is 0 Å². The molecule has 8 N–H and O–H groups in total. The summed E-state index contributed by atoms with van der Waals surface area (Å²) in [6, 6.07) is -0.922. The summed E-state index contributed by atoms with van der Waals surface area (Å²) in [5.41, 5.74) is 5.76. The van der Waals surface area contributed by atoms with Gasteiger partial charge in [-0.1, -0.05) is 13.8 Å². The number of esters is 1. The molecule has 50 heavy (non-hydrogen) atoms. The molecule has 0 aromatic rings. The van der Waals surface area contributed by atoms with Crippen molar-refractivity contribution < 1.29 is 57.9 Å². The summed E-state index contributed by atoms with van der Waals surface area (Å²) < 4.78 is 29.3. The van der Waals surface area contributed by atoms with Crippen molar-refractivity contribution in [2.45, 2.75) is 114 Å². The van der Waals surface area contributed by atoms with E-state index in [4.69, 9.17) is 29.4 Å². The number of carbonyl (C=O) groups is 5. The summed E-state index contributed by atoms with van der Waals surface area (Å²) in [6.45, 7) is 7.10. The first-order chi connectivity index (χ1) is 24.0. The fourth-order valence-electron chi connectivity index (χ4n) is 6.36. The van der Waals surface area contributed by atoms with E-state index in [1.54, 1.807) is 0 Å². The topological polar surface area (TPSA) is 249 Å². The molecule has 5 rings (SSSR count). The largest absolute Gasteiger partial charge is 0.456 e. The van der Waals surface area contributed by atoms with E-state index >= 15 is 0 Å². The molecule has 0 aromatic carbocycles. The average molecular weight is 711 g/mol. The minimum Gasteiger partial charge on any atom is -0.456 e. The quantitative estimate of drug-likeness (QED) is 0.117. The van der Waals surface area contributed by atoms with Crippen LogP contribution in [-0.4, -0.2) is 133 Å². The third-order valence-electron chi connectivity index (χ3n) is 9.02.